The summed E-state index contributed by atoms with van der Waals surface area (Å²) in [5.41, 5.74) is 4.20. The highest BCUT2D eigenvalue weighted by molar-refractivity contribution is 8.00. The van der Waals surface area contributed by atoms with E-state index in [0.29, 0.717) is 16.0 Å². The zero-order chi connectivity index (χ0) is 28.6. The van der Waals surface area contributed by atoms with Crippen LogP contribution in [0.1, 0.15) is 21.5 Å². The molecule has 0 aliphatic carbocycles. The van der Waals surface area contributed by atoms with Gasteiger partial charge in [0.25, 0.3) is 5.69 Å². The summed E-state index contributed by atoms with van der Waals surface area (Å²) in [4.78, 5) is 38.7. The molecule has 0 spiro atoms. The van der Waals surface area contributed by atoms with Gasteiger partial charge in [-0.25, -0.2) is 0 Å². The second-order valence-corrected chi connectivity index (χ2v) is 11.3. The number of rotatable bonds is 7. The highest BCUT2D eigenvalue weighted by Crippen LogP contribution is 2.44. The molecule has 4 aromatic rings. The van der Waals surface area contributed by atoms with Crippen molar-refractivity contribution < 1.29 is 14.5 Å². The van der Waals surface area contributed by atoms with Gasteiger partial charge in [-0.3, -0.25) is 19.7 Å². The number of aryl methyl sites for hydroxylation is 1. The number of benzene rings is 4. The summed E-state index contributed by atoms with van der Waals surface area (Å²) in [6.07, 6.45) is 3.82. The maximum atomic E-state index is 12.8. The fourth-order valence-electron chi connectivity index (χ4n) is 3.66. The Morgan fingerprint density at radius 3 is 2.35 bits per heavy atom. The van der Waals surface area contributed by atoms with Crippen molar-refractivity contribution in [2.45, 2.75) is 26.5 Å². The Kier molecular flexibility index (Phi) is 9.42. The number of carbonyl (C=O) groups excluding carboxylic acids is 2. The van der Waals surface area contributed by atoms with Crippen LogP contribution in [0.2, 0.25) is 0 Å². The molecule has 1 heterocycles. The van der Waals surface area contributed by atoms with E-state index in [1.54, 1.807) is 50.1 Å². The Morgan fingerprint density at radius 1 is 0.950 bits per heavy atom. The Labute approximate surface area is 241 Å². The van der Waals surface area contributed by atoms with Crippen LogP contribution >= 0.6 is 23.5 Å². The SMILES string of the molecule is CN(C)C=O.Cc1ccc(Sc2ccc(/C=C/C(=O)c3ccc4c(c3)Nc3ccccc3S4)cc2[N+](=O)[O-])cc1. The molecular formula is C31H27N3O4S2. The summed E-state index contributed by atoms with van der Waals surface area (Å²) < 4.78 is 0. The van der Waals surface area contributed by atoms with Crippen molar-refractivity contribution in [3.63, 3.8) is 0 Å². The highest BCUT2D eigenvalue weighted by atomic mass is 32.2. The molecule has 7 nitrogen and oxygen atoms in total. The van der Waals surface area contributed by atoms with E-state index in [2.05, 4.69) is 11.4 Å². The molecule has 40 heavy (non-hydrogen) atoms. The van der Waals surface area contributed by atoms with Crippen molar-refractivity contribution in [1.29, 1.82) is 0 Å². The number of hydrogen-bond donors (Lipinski definition) is 1. The van der Waals surface area contributed by atoms with E-state index >= 15 is 0 Å². The van der Waals surface area contributed by atoms with E-state index in [-0.39, 0.29) is 16.4 Å². The average molecular weight is 570 g/mol. The molecule has 0 unspecified atom stereocenters. The normalized spacial score (nSPS) is 11.4. The standard InChI is InChI=1S/C28H20N2O3S2.C3H7NO/c1-18-6-11-21(12-7-18)34-28-14-9-19(16-24(28)30(32)33)8-13-25(31)20-10-15-27-23(17-20)29-22-4-2-3-5-26(22)35-27;1-4(2)3-5/h2-17,29H,1H3;3H,1-2H3/b13-8+;. The Balaban J connectivity index is 0.000000681. The lowest BCUT2D eigenvalue weighted by Gasteiger charge is -2.20. The van der Waals surface area contributed by atoms with Gasteiger partial charge in [0.15, 0.2) is 5.78 Å². The highest BCUT2D eigenvalue weighted by Gasteiger charge is 2.17. The quantitative estimate of drug-likeness (QED) is 0.0701. The minimum atomic E-state index is -0.389. The number of amides is 1. The number of nitrogens with zero attached hydrogens (tertiary/aromatic N) is 2. The van der Waals surface area contributed by atoms with Crippen LogP contribution in [-0.2, 0) is 4.79 Å². The summed E-state index contributed by atoms with van der Waals surface area (Å²) in [6.45, 7) is 2.00. The number of nitro benzene ring substituents is 1. The van der Waals surface area contributed by atoms with Gasteiger partial charge in [0.1, 0.15) is 0 Å². The molecule has 1 N–H and O–H groups in total. The van der Waals surface area contributed by atoms with Crippen LogP contribution < -0.4 is 5.32 Å². The summed E-state index contributed by atoms with van der Waals surface area (Å²) in [5, 5.41) is 15.1. The fourth-order valence-corrected chi connectivity index (χ4v) is 5.53. The third-order valence-electron chi connectivity index (χ3n) is 5.71. The molecule has 1 aliphatic rings. The zero-order valence-electron chi connectivity index (χ0n) is 22.2. The van der Waals surface area contributed by atoms with Crippen molar-refractivity contribution in [3.8, 4) is 0 Å². The maximum absolute atomic E-state index is 12.8. The van der Waals surface area contributed by atoms with Crippen LogP contribution in [0.5, 0.6) is 0 Å². The first kappa shape index (κ1) is 28.7. The monoisotopic (exact) mass is 569 g/mol. The molecule has 0 saturated carbocycles. The first-order valence-corrected chi connectivity index (χ1v) is 13.9. The van der Waals surface area contributed by atoms with Gasteiger partial charge < -0.3 is 10.2 Å². The van der Waals surface area contributed by atoms with Crippen LogP contribution in [0, 0.1) is 17.0 Å². The Bertz CT molecular complexity index is 1580. The van der Waals surface area contributed by atoms with Gasteiger partial charge in [0.05, 0.1) is 21.2 Å². The molecule has 0 bridgehead atoms. The van der Waals surface area contributed by atoms with Gasteiger partial charge in [0, 0.05) is 40.4 Å². The predicted molar refractivity (Wildman–Crippen MR) is 162 cm³/mol. The largest absolute Gasteiger partial charge is 0.354 e. The first-order chi connectivity index (χ1) is 19.2. The van der Waals surface area contributed by atoms with E-state index in [1.807, 2.05) is 61.5 Å². The number of allylic oxidation sites excluding steroid dienone is 1. The van der Waals surface area contributed by atoms with Crippen molar-refractivity contribution in [2.75, 3.05) is 19.4 Å². The van der Waals surface area contributed by atoms with Crippen LogP contribution in [-0.4, -0.2) is 36.1 Å². The van der Waals surface area contributed by atoms with Crippen LogP contribution in [0.25, 0.3) is 6.08 Å². The Morgan fingerprint density at radius 2 is 1.65 bits per heavy atom. The van der Waals surface area contributed by atoms with Crippen molar-refractivity contribution in [2.24, 2.45) is 0 Å². The number of nitrogens with one attached hydrogen (secondary N) is 1. The van der Waals surface area contributed by atoms with E-state index in [4.69, 9.17) is 0 Å². The molecule has 0 radical (unpaired) electrons. The molecule has 0 aromatic heterocycles. The predicted octanol–water partition coefficient (Wildman–Crippen LogP) is 7.86. The number of fused-ring (bicyclic) bond motifs is 2. The van der Waals surface area contributed by atoms with E-state index in [9.17, 15) is 19.7 Å². The third kappa shape index (κ3) is 7.40. The molecule has 9 heteroatoms. The molecule has 4 aromatic carbocycles. The van der Waals surface area contributed by atoms with Crippen molar-refractivity contribution in [1.82, 2.24) is 4.90 Å². The van der Waals surface area contributed by atoms with Crippen molar-refractivity contribution in [3.05, 3.63) is 118 Å². The van der Waals surface area contributed by atoms with Gasteiger partial charge in [-0.2, -0.15) is 0 Å². The van der Waals surface area contributed by atoms with Crippen molar-refractivity contribution >= 4 is 58.9 Å². The smallest absolute Gasteiger partial charge is 0.283 e. The Hall–Kier alpha value is -4.34. The molecule has 0 saturated heterocycles. The number of para-hydroxylation sites is 1. The van der Waals surface area contributed by atoms with Crippen LogP contribution in [0.15, 0.2) is 111 Å². The minimum absolute atomic E-state index is 0.0128. The molecule has 202 valence electrons. The topological polar surface area (TPSA) is 92.6 Å². The molecule has 0 fully saturated rings. The van der Waals surface area contributed by atoms with E-state index < -0.39 is 0 Å². The summed E-state index contributed by atoms with van der Waals surface area (Å²) in [7, 11) is 3.38. The van der Waals surface area contributed by atoms with E-state index in [0.717, 1.165) is 38.0 Å². The second kappa shape index (κ2) is 13.1. The van der Waals surface area contributed by atoms with Gasteiger partial charge in [-0.15, -0.1) is 0 Å². The first-order valence-electron chi connectivity index (χ1n) is 12.3. The molecule has 1 aliphatic heterocycles. The van der Waals surface area contributed by atoms with Gasteiger partial charge in [0.2, 0.25) is 6.41 Å². The number of ketones is 1. The van der Waals surface area contributed by atoms with E-state index in [1.165, 1.54) is 28.8 Å². The molecule has 5 rings (SSSR count). The molecule has 0 atom stereocenters. The van der Waals surface area contributed by atoms with Crippen LogP contribution in [0.3, 0.4) is 0 Å². The van der Waals surface area contributed by atoms with Gasteiger partial charge >= 0.3 is 0 Å². The van der Waals surface area contributed by atoms with Gasteiger partial charge in [-0.05, 0) is 67.1 Å². The number of hydrogen-bond acceptors (Lipinski definition) is 7. The average Bonchev–Trinajstić information content (AvgIpc) is 2.96. The summed E-state index contributed by atoms with van der Waals surface area (Å²) >= 11 is 3.01. The van der Waals surface area contributed by atoms with Gasteiger partial charge in [-0.1, -0.05) is 65.5 Å². The van der Waals surface area contributed by atoms with Crippen LogP contribution in [0.4, 0.5) is 17.1 Å². The zero-order valence-corrected chi connectivity index (χ0v) is 23.8. The number of anilines is 2. The third-order valence-corrected chi connectivity index (χ3v) is 7.93. The number of carbonyl (C=O) groups is 2. The molecule has 1 amide bonds. The lowest BCUT2D eigenvalue weighted by atomic mass is 10.1. The number of nitro groups is 1. The lowest BCUT2D eigenvalue weighted by molar-refractivity contribution is -0.387. The second-order valence-electron chi connectivity index (χ2n) is 9.10. The summed E-state index contributed by atoms with van der Waals surface area (Å²) in [6, 6.07) is 26.5. The maximum Gasteiger partial charge on any atom is 0.283 e. The molecular weight excluding hydrogens is 542 g/mol. The lowest BCUT2D eigenvalue weighted by Crippen LogP contribution is -2.06. The summed E-state index contributed by atoms with van der Waals surface area (Å²) in [5.74, 6) is -0.167. The fraction of sp³-hybridized carbons (Fsp3) is 0.0968. The minimum Gasteiger partial charge on any atom is -0.354 e.